The second-order valence-electron chi connectivity index (χ2n) is 6.81. The van der Waals surface area contributed by atoms with E-state index in [2.05, 4.69) is 49.0 Å². The van der Waals surface area contributed by atoms with E-state index in [-0.39, 0.29) is 0 Å². The Morgan fingerprint density at radius 3 is 2.58 bits per heavy atom. The Morgan fingerprint density at radius 2 is 2.05 bits per heavy atom. The van der Waals surface area contributed by atoms with Crippen LogP contribution >= 0.6 is 0 Å². The van der Waals surface area contributed by atoms with E-state index in [0.29, 0.717) is 5.41 Å². The third kappa shape index (κ3) is 3.82. The normalized spacial score (nSPS) is 18.4. The van der Waals surface area contributed by atoms with E-state index in [1.54, 1.807) is 0 Å². The smallest absolute Gasteiger partial charge is 0.0596 e. The molecule has 1 N–H and O–H groups in total. The fraction of sp³-hybridized carbons (Fsp3) is 0.812. The van der Waals surface area contributed by atoms with Gasteiger partial charge in [-0.25, -0.2) is 0 Å². The molecule has 0 aliphatic heterocycles. The molecule has 108 valence electrons. The zero-order chi connectivity index (χ0) is 13.9. The van der Waals surface area contributed by atoms with E-state index in [4.69, 9.17) is 0 Å². The minimum atomic E-state index is 0.467. The number of aryl methyl sites for hydroxylation is 2. The van der Waals surface area contributed by atoms with Crippen molar-refractivity contribution in [3.8, 4) is 0 Å². The van der Waals surface area contributed by atoms with Crippen LogP contribution in [-0.2, 0) is 13.5 Å². The number of rotatable bonds is 6. The number of nitrogens with zero attached hydrogens (tertiary/aromatic N) is 2. The van der Waals surface area contributed by atoms with Gasteiger partial charge in [-0.1, -0.05) is 26.7 Å². The van der Waals surface area contributed by atoms with Gasteiger partial charge < -0.3 is 5.32 Å². The van der Waals surface area contributed by atoms with Crippen molar-refractivity contribution in [3.63, 3.8) is 0 Å². The maximum absolute atomic E-state index is 4.49. The summed E-state index contributed by atoms with van der Waals surface area (Å²) in [6.45, 7) is 8.93. The van der Waals surface area contributed by atoms with Crippen LogP contribution in [0.5, 0.6) is 0 Å². The number of hydrogen-bond donors (Lipinski definition) is 1. The van der Waals surface area contributed by atoms with Gasteiger partial charge >= 0.3 is 0 Å². The molecule has 1 heterocycles. The largest absolute Gasteiger partial charge is 0.316 e. The van der Waals surface area contributed by atoms with Crippen LogP contribution < -0.4 is 5.32 Å². The first-order valence-electron chi connectivity index (χ1n) is 7.71. The molecule has 1 aromatic heterocycles. The minimum Gasteiger partial charge on any atom is -0.316 e. The van der Waals surface area contributed by atoms with Gasteiger partial charge in [0.1, 0.15) is 0 Å². The highest BCUT2D eigenvalue weighted by molar-refractivity contribution is 5.12. The molecule has 0 atom stereocenters. The summed E-state index contributed by atoms with van der Waals surface area (Å²) in [6, 6.07) is 2.25. The van der Waals surface area contributed by atoms with Crippen molar-refractivity contribution < 1.29 is 0 Å². The van der Waals surface area contributed by atoms with Gasteiger partial charge in [0.05, 0.1) is 5.69 Å². The number of nitrogens with one attached hydrogen (secondary N) is 1. The van der Waals surface area contributed by atoms with Gasteiger partial charge in [-0.3, -0.25) is 4.68 Å². The molecule has 0 aromatic carbocycles. The van der Waals surface area contributed by atoms with Crippen LogP contribution in [0.2, 0.25) is 0 Å². The van der Waals surface area contributed by atoms with Crippen molar-refractivity contribution in [1.82, 2.24) is 15.1 Å². The summed E-state index contributed by atoms with van der Waals surface area (Å²) in [5.74, 6) is 0.734. The van der Waals surface area contributed by atoms with Gasteiger partial charge in [-0.2, -0.15) is 5.10 Å². The molecular weight excluding hydrogens is 234 g/mol. The van der Waals surface area contributed by atoms with Crippen LogP contribution in [0, 0.1) is 18.3 Å². The molecule has 1 fully saturated rings. The first kappa shape index (κ1) is 14.6. The lowest BCUT2D eigenvalue weighted by atomic mass is 9.81. The molecule has 2 rings (SSSR count). The Labute approximate surface area is 117 Å². The quantitative estimate of drug-likeness (QED) is 0.855. The molecular formula is C16H29N3. The Bertz CT molecular complexity index is 400. The molecule has 1 aromatic rings. The first-order valence-corrected chi connectivity index (χ1v) is 7.71. The van der Waals surface area contributed by atoms with Gasteiger partial charge in [0.2, 0.25) is 0 Å². The Morgan fingerprint density at radius 1 is 1.37 bits per heavy atom. The van der Waals surface area contributed by atoms with Crippen LogP contribution in [0.25, 0.3) is 0 Å². The molecule has 0 saturated heterocycles. The SMILES string of the molecule is Cc1cc(CC2(CNCC(C)C)CCCC2)n(C)n1. The summed E-state index contributed by atoms with van der Waals surface area (Å²) in [5.41, 5.74) is 3.00. The van der Waals surface area contributed by atoms with Crippen molar-refractivity contribution in [2.75, 3.05) is 13.1 Å². The van der Waals surface area contributed by atoms with E-state index in [1.807, 2.05) is 0 Å². The molecule has 3 heteroatoms. The lowest BCUT2D eigenvalue weighted by Gasteiger charge is -2.30. The molecule has 0 spiro atoms. The van der Waals surface area contributed by atoms with Gasteiger partial charge in [0.15, 0.2) is 0 Å². The van der Waals surface area contributed by atoms with Crippen molar-refractivity contribution in [1.29, 1.82) is 0 Å². The summed E-state index contributed by atoms with van der Waals surface area (Å²) in [6.07, 6.45) is 6.68. The fourth-order valence-corrected chi connectivity index (χ4v) is 3.38. The molecule has 0 bridgehead atoms. The highest BCUT2D eigenvalue weighted by Crippen LogP contribution is 2.40. The van der Waals surface area contributed by atoms with Crippen LogP contribution in [0.1, 0.15) is 50.9 Å². The second kappa shape index (κ2) is 6.08. The summed E-state index contributed by atoms with van der Waals surface area (Å²) >= 11 is 0. The van der Waals surface area contributed by atoms with Gasteiger partial charge in [0.25, 0.3) is 0 Å². The fourth-order valence-electron chi connectivity index (χ4n) is 3.38. The third-order valence-corrected chi connectivity index (χ3v) is 4.37. The summed E-state index contributed by atoms with van der Waals surface area (Å²) < 4.78 is 2.07. The zero-order valence-electron chi connectivity index (χ0n) is 13.0. The Balaban J connectivity index is 2.01. The maximum Gasteiger partial charge on any atom is 0.0596 e. The molecule has 1 saturated carbocycles. The van der Waals surface area contributed by atoms with Gasteiger partial charge in [-0.05, 0) is 50.1 Å². The van der Waals surface area contributed by atoms with Crippen LogP contribution in [0.4, 0.5) is 0 Å². The maximum atomic E-state index is 4.49. The summed E-state index contributed by atoms with van der Waals surface area (Å²) in [4.78, 5) is 0. The van der Waals surface area contributed by atoms with Crippen LogP contribution in [0.3, 0.4) is 0 Å². The Kier molecular flexibility index (Phi) is 4.67. The van der Waals surface area contributed by atoms with E-state index in [1.165, 1.54) is 37.8 Å². The van der Waals surface area contributed by atoms with Crippen molar-refractivity contribution in [2.24, 2.45) is 18.4 Å². The van der Waals surface area contributed by atoms with E-state index in [0.717, 1.165) is 24.7 Å². The lowest BCUT2D eigenvalue weighted by molar-refractivity contribution is 0.267. The standard InChI is InChI=1S/C16H29N3/c1-13(2)11-17-12-16(7-5-6-8-16)10-15-9-14(3)18-19(15)4/h9,13,17H,5-8,10-12H2,1-4H3. The summed E-state index contributed by atoms with van der Waals surface area (Å²) in [7, 11) is 2.08. The topological polar surface area (TPSA) is 29.9 Å². The van der Waals surface area contributed by atoms with Crippen LogP contribution in [-0.4, -0.2) is 22.9 Å². The van der Waals surface area contributed by atoms with Gasteiger partial charge in [-0.15, -0.1) is 0 Å². The zero-order valence-corrected chi connectivity index (χ0v) is 13.0. The predicted octanol–water partition coefficient (Wildman–Crippen LogP) is 3.08. The average molecular weight is 263 g/mol. The first-order chi connectivity index (χ1) is 9.01. The molecule has 0 amide bonds. The van der Waals surface area contributed by atoms with Crippen molar-refractivity contribution in [3.05, 3.63) is 17.5 Å². The molecule has 0 radical (unpaired) electrons. The van der Waals surface area contributed by atoms with E-state index < -0.39 is 0 Å². The predicted molar refractivity (Wildman–Crippen MR) is 80.3 cm³/mol. The molecule has 1 aliphatic rings. The third-order valence-electron chi connectivity index (χ3n) is 4.37. The lowest BCUT2D eigenvalue weighted by Crippen LogP contribution is -2.36. The molecule has 0 unspecified atom stereocenters. The Hall–Kier alpha value is -0.830. The van der Waals surface area contributed by atoms with Crippen molar-refractivity contribution >= 4 is 0 Å². The number of aromatic nitrogens is 2. The molecule has 3 nitrogen and oxygen atoms in total. The number of hydrogen-bond acceptors (Lipinski definition) is 2. The van der Waals surface area contributed by atoms with Crippen LogP contribution in [0.15, 0.2) is 6.07 Å². The monoisotopic (exact) mass is 263 g/mol. The second-order valence-corrected chi connectivity index (χ2v) is 6.81. The van der Waals surface area contributed by atoms with Gasteiger partial charge in [0, 0.05) is 19.3 Å². The summed E-state index contributed by atoms with van der Waals surface area (Å²) in [5, 5.41) is 8.17. The molecule has 19 heavy (non-hydrogen) atoms. The highest BCUT2D eigenvalue weighted by atomic mass is 15.3. The minimum absolute atomic E-state index is 0.467. The highest BCUT2D eigenvalue weighted by Gasteiger charge is 2.34. The molecule has 1 aliphatic carbocycles. The van der Waals surface area contributed by atoms with Crippen molar-refractivity contribution in [2.45, 2.75) is 52.9 Å². The van der Waals surface area contributed by atoms with E-state index >= 15 is 0 Å². The average Bonchev–Trinajstić information content (AvgIpc) is 2.87. The van der Waals surface area contributed by atoms with E-state index in [9.17, 15) is 0 Å².